The maximum Gasteiger partial charge on any atom is 0.287 e. The second-order valence-electron chi connectivity index (χ2n) is 6.55. The van der Waals surface area contributed by atoms with Crippen LogP contribution in [0.1, 0.15) is 19.3 Å². The van der Waals surface area contributed by atoms with E-state index >= 15 is 0 Å². The molecule has 9 heteroatoms. The third kappa shape index (κ3) is 4.23. The highest BCUT2D eigenvalue weighted by atomic mass is 16.6. The highest BCUT2D eigenvalue weighted by Crippen LogP contribution is 2.22. The zero-order valence-corrected chi connectivity index (χ0v) is 14.0. The lowest BCUT2D eigenvalue weighted by atomic mass is 9.91. The van der Waals surface area contributed by atoms with Crippen molar-refractivity contribution in [1.82, 2.24) is 9.88 Å². The second-order valence-corrected chi connectivity index (χ2v) is 6.55. The predicted molar refractivity (Wildman–Crippen MR) is 91.0 cm³/mol. The fraction of sp³-hybridized carbons (Fsp3) is 0.625. The van der Waals surface area contributed by atoms with Gasteiger partial charge in [-0.3, -0.25) is 14.9 Å². The number of aromatic nitrogens is 1. The first-order valence-corrected chi connectivity index (χ1v) is 8.53. The Hall–Kier alpha value is -2.26. The van der Waals surface area contributed by atoms with E-state index in [1.54, 1.807) is 11.0 Å². The minimum absolute atomic E-state index is 0.00661. The average Bonchev–Trinajstić information content (AvgIpc) is 3.10. The van der Waals surface area contributed by atoms with Gasteiger partial charge in [-0.1, -0.05) is 0 Å². The number of amides is 1. The molecule has 2 unspecified atom stereocenters. The van der Waals surface area contributed by atoms with E-state index in [0.717, 1.165) is 19.3 Å². The van der Waals surface area contributed by atoms with Crippen LogP contribution in [0.3, 0.4) is 0 Å². The quantitative estimate of drug-likeness (QED) is 0.594. The van der Waals surface area contributed by atoms with Crippen molar-refractivity contribution in [3.63, 3.8) is 0 Å². The van der Waals surface area contributed by atoms with Crippen molar-refractivity contribution in [3.8, 4) is 0 Å². The van der Waals surface area contributed by atoms with Gasteiger partial charge in [-0.25, -0.2) is 4.98 Å². The number of nitrogens with zero attached hydrogens (tertiary/aromatic N) is 3. The summed E-state index contributed by atoms with van der Waals surface area (Å²) in [5, 5.41) is 13.9. The van der Waals surface area contributed by atoms with Gasteiger partial charge in [-0.05, 0) is 31.2 Å². The Morgan fingerprint density at radius 3 is 2.80 bits per heavy atom. The van der Waals surface area contributed by atoms with Crippen LogP contribution < -0.4 is 11.1 Å². The Balaban J connectivity index is 1.52. The Morgan fingerprint density at radius 2 is 2.16 bits per heavy atom. The molecule has 0 radical (unpaired) electrons. The molecule has 0 aromatic carbocycles. The van der Waals surface area contributed by atoms with Gasteiger partial charge >= 0.3 is 0 Å². The Morgan fingerprint density at radius 1 is 1.40 bits per heavy atom. The van der Waals surface area contributed by atoms with Crippen LogP contribution in [-0.4, -0.2) is 59.1 Å². The van der Waals surface area contributed by atoms with E-state index in [2.05, 4.69) is 10.3 Å². The lowest BCUT2D eigenvalue weighted by Crippen LogP contribution is -2.48. The van der Waals surface area contributed by atoms with Gasteiger partial charge < -0.3 is 20.7 Å². The third-order valence-electron chi connectivity index (χ3n) is 4.87. The monoisotopic (exact) mass is 349 g/mol. The van der Waals surface area contributed by atoms with Crippen molar-refractivity contribution in [2.75, 3.05) is 31.6 Å². The summed E-state index contributed by atoms with van der Waals surface area (Å²) in [5.74, 6) is 0.746. The molecule has 3 rings (SSSR count). The van der Waals surface area contributed by atoms with Crippen molar-refractivity contribution in [1.29, 1.82) is 0 Å². The molecule has 1 aromatic heterocycles. The van der Waals surface area contributed by atoms with Crippen molar-refractivity contribution in [3.05, 3.63) is 28.4 Å². The molecule has 2 aliphatic heterocycles. The molecule has 0 aliphatic carbocycles. The van der Waals surface area contributed by atoms with Crippen molar-refractivity contribution in [2.24, 2.45) is 11.7 Å². The first-order valence-electron chi connectivity index (χ1n) is 8.53. The number of hydrogen-bond donors (Lipinski definition) is 2. The summed E-state index contributed by atoms with van der Waals surface area (Å²) in [4.78, 5) is 28.6. The standard InChI is InChI=1S/C16H23N5O4/c17-15(11-4-7-25-8-5-11)16(22)20-6-3-12(10-20)19-14-2-1-13(9-18-14)21(23)24/h1-2,9,11-12,15H,3-8,10,17H2,(H,18,19). The molecule has 1 amide bonds. The minimum Gasteiger partial charge on any atom is -0.381 e. The molecular weight excluding hydrogens is 326 g/mol. The molecule has 0 spiro atoms. The average molecular weight is 349 g/mol. The number of carbonyl (C=O) groups excluding carboxylic acids is 1. The minimum atomic E-state index is -0.482. The number of rotatable bonds is 5. The number of hydrogen-bond acceptors (Lipinski definition) is 7. The van der Waals surface area contributed by atoms with Crippen molar-refractivity contribution < 1.29 is 14.5 Å². The highest BCUT2D eigenvalue weighted by molar-refractivity contribution is 5.82. The summed E-state index contributed by atoms with van der Waals surface area (Å²) in [7, 11) is 0. The van der Waals surface area contributed by atoms with E-state index < -0.39 is 11.0 Å². The fourth-order valence-corrected chi connectivity index (χ4v) is 3.35. The van der Waals surface area contributed by atoms with Crippen LogP contribution in [-0.2, 0) is 9.53 Å². The molecular formula is C16H23N5O4. The predicted octanol–water partition coefficient (Wildman–Crippen LogP) is 0.756. The molecule has 1 aromatic rings. The summed E-state index contributed by atoms with van der Waals surface area (Å²) < 4.78 is 5.32. The first kappa shape index (κ1) is 17.6. The van der Waals surface area contributed by atoms with Gasteiger partial charge in [-0.15, -0.1) is 0 Å². The van der Waals surface area contributed by atoms with Crippen molar-refractivity contribution >= 4 is 17.4 Å². The molecule has 2 atom stereocenters. The summed E-state index contributed by atoms with van der Waals surface area (Å²) >= 11 is 0. The summed E-state index contributed by atoms with van der Waals surface area (Å²) in [6, 6.07) is 2.59. The molecule has 0 saturated carbocycles. The SMILES string of the molecule is NC(C(=O)N1CCC(Nc2ccc([N+](=O)[O-])cn2)C1)C1CCOCC1. The number of nitrogens with one attached hydrogen (secondary N) is 1. The molecule has 2 aliphatic rings. The summed E-state index contributed by atoms with van der Waals surface area (Å²) in [6.45, 7) is 2.55. The number of ether oxygens (including phenoxy) is 1. The van der Waals surface area contributed by atoms with Crippen LogP contribution in [0.4, 0.5) is 11.5 Å². The molecule has 3 N–H and O–H groups in total. The van der Waals surface area contributed by atoms with E-state index in [-0.39, 0.29) is 23.6 Å². The zero-order valence-electron chi connectivity index (χ0n) is 14.0. The van der Waals surface area contributed by atoms with Crippen LogP contribution in [0.15, 0.2) is 18.3 Å². The molecule has 0 bridgehead atoms. The summed E-state index contributed by atoms with van der Waals surface area (Å²) in [5.41, 5.74) is 6.13. The lowest BCUT2D eigenvalue weighted by molar-refractivity contribution is -0.385. The van der Waals surface area contributed by atoms with Gasteiger partial charge in [0.15, 0.2) is 0 Å². The lowest BCUT2D eigenvalue weighted by Gasteiger charge is -2.29. The van der Waals surface area contributed by atoms with E-state index in [0.29, 0.717) is 32.1 Å². The van der Waals surface area contributed by atoms with Gasteiger partial charge in [0, 0.05) is 38.4 Å². The molecule has 25 heavy (non-hydrogen) atoms. The molecule has 3 heterocycles. The second kappa shape index (κ2) is 7.75. The van der Waals surface area contributed by atoms with Crippen LogP contribution in [0, 0.1) is 16.0 Å². The molecule has 2 fully saturated rings. The Bertz CT molecular complexity index is 617. The van der Waals surface area contributed by atoms with E-state index in [9.17, 15) is 14.9 Å². The highest BCUT2D eigenvalue weighted by Gasteiger charge is 2.33. The first-order chi connectivity index (χ1) is 12.0. The van der Waals surface area contributed by atoms with E-state index in [4.69, 9.17) is 10.5 Å². The Labute approximate surface area is 145 Å². The van der Waals surface area contributed by atoms with Crippen LogP contribution in [0.5, 0.6) is 0 Å². The number of pyridine rings is 1. The molecule has 9 nitrogen and oxygen atoms in total. The maximum atomic E-state index is 12.6. The number of nitro groups is 1. The van der Waals surface area contributed by atoms with Gasteiger partial charge in [0.05, 0.1) is 11.0 Å². The van der Waals surface area contributed by atoms with Gasteiger partial charge in [0.25, 0.3) is 5.69 Å². The van der Waals surface area contributed by atoms with Gasteiger partial charge in [0.2, 0.25) is 5.91 Å². The van der Waals surface area contributed by atoms with E-state index in [1.165, 1.54) is 12.3 Å². The summed E-state index contributed by atoms with van der Waals surface area (Å²) in [6.07, 6.45) is 3.68. The third-order valence-corrected chi connectivity index (χ3v) is 4.87. The van der Waals surface area contributed by atoms with Crippen LogP contribution in [0.2, 0.25) is 0 Å². The van der Waals surface area contributed by atoms with Crippen LogP contribution >= 0.6 is 0 Å². The van der Waals surface area contributed by atoms with Crippen molar-refractivity contribution in [2.45, 2.75) is 31.3 Å². The van der Waals surface area contributed by atoms with Gasteiger partial charge in [0.1, 0.15) is 12.0 Å². The van der Waals surface area contributed by atoms with Gasteiger partial charge in [-0.2, -0.15) is 0 Å². The maximum absolute atomic E-state index is 12.6. The number of likely N-dealkylation sites (tertiary alicyclic amines) is 1. The smallest absolute Gasteiger partial charge is 0.287 e. The number of nitrogens with two attached hydrogens (primary N) is 1. The topological polar surface area (TPSA) is 124 Å². The molecule has 136 valence electrons. The molecule has 2 saturated heterocycles. The normalized spacial score (nSPS) is 22.6. The number of anilines is 1. The largest absolute Gasteiger partial charge is 0.381 e. The zero-order chi connectivity index (χ0) is 17.8. The van der Waals surface area contributed by atoms with Crippen LogP contribution in [0.25, 0.3) is 0 Å². The Kier molecular flexibility index (Phi) is 5.44. The number of carbonyl (C=O) groups is 1. The fourth-order valence-electron chi connectivity index (χ4n) is 3.35. The van der Waals surface area contributed by atoms with E-state index in [1.807, 2.05) is 0 Å².